The van der Waals surface area contributed by atoms with Crippen molar-refractivity contribution in [2.45, 2.75) is 6.92 Å². The molecule has 31 heavy (non-hydrogen) atoms. The van der Waals surface area contributed by atoms with Crippen molar-refractivity contribution in [2.75, 3.05) is 55.0 Å². The number of hydrogen-bond donors (Lipinski definition) is 3. The number of morpholine rings is 1. The number of aliphatic carboxylic acids is 1. The molecule has 10 nitrogen and oxygen atoms in total. The Morgan fingerprint density at radius 3 is 2.77 bits per heavy atom. The Hall–Kier alpha value is -3.66. The van der Waals surface area contributed by atoms with E-state index in [4.69, 9.17) is 9.84 Å². The highest BCUT2D eigenvalue weighted by Gasteiger charge is 2.21. The minimum Gasteiger partial charge on any atom is -0.480 e. The van der Waals surface area contributed by atoms with E-state index in [1.807, 2.05) is 36.2 Å². The van der Waals surface area contributed by atoms with Gasteiger partial charge in [-0.2, -0.15) is 4.98 Å². The Balaban J connectivity index is 1.66. The lowest BCUT2D eigenvalue weighted by atomic mass is 10.1. The topological polar surface area (TPSA) is 124 Å². The molecular formula is C21H24N6O4. The number of H-pyrrole nitrogens is 1. The van der Waals surface area contributed by atoms with Crippen molar-refractivity contribution in [2.24, 2.45) is 0 Å². The number of aromatic nitrogens is 3. The van der Waals surface area contributed by atoms with E-state index in [0.29, 0.717) is 32.3 Å². The van der Waals surface area contributed by atoms with E-state index in [-0.39, 0.29) is 24.0 Å². The van der Waals surface area contributed by atoms with Crippen molar-refractivity contribution in [1.82, 2.24) is 15.0 Å². The Morgan fingerprint density at radius 1 is 1.26 bits per heavy atom. The number of ether oxygens (including phenoxy) is 1. The molecule has 10 heteroatoms. The van der Waals surface area contributed by atoms with E-state index < -0.39 is 5.97 Å². The molecule has 0 unspecified atom stereocenters. The Kier molecular flexibility index (Phi) is 5.72. The molecule has 3 N–H and O–H groups in total. The lowest BCUT2D eigenvalue weighted by Gasteiger charge is -2.27. The maximum Gasteiger partial charge on any atom is 0.322 e. The van der Waals surface area contributed by atoms with Gasteiger partial charge in [0.05, 0.1) is 13.2 Å². The summed E-state index contributed by atoms with van der Waals surface area (Å²) in [4.78, 5) is 39.8. The van der Waals surface area contributed by atoms with E-state index in [2.05, 4.69) is 20.3 Å². The van der Waals surface area contributed by atoms with Crippen molar-refractivity contribution in [3.8, 4) is 0 Å². The summed E-state index contributed by atoms with van der Waals surface area (Å²) in [5.74, 6) is -0.686. The minimum atomic E-state index is -1.02. The fourth-order valence-corrected chi connectivity index (χ4v) is 3.45. The number of nitrogens with one attached hydrogen (secondary N) is 2. The summed E-state index contributed by atoms with van der Waals surface area (Å²) < 4.78 is 5.37. The number of carboxylic acid groups (broad SMARTS) is 1. The summed E-state index contributed by atoms with van der Waals surface area (Å²) in [6.07, 6.45) is 1.93. The average molecular weight is 424 g/mol. The molecule has 162 valence electrons. The van der Waals surface area contributed by atoms with Crippen LogP contribution in [0.15, 0.2) is 30.5 Å². The van der Waals surface area contributed by atoms with E-state index >= 15 is 0 Å². The highest BCUT2D eigenvalue weighted by molar-refractivity contribution is 6.06. The van der Waals surface area contributed by atoms with E-state index in [0.717, 1.165) is 22.2 Å². The quantitative estimate of drug-likeness (QED) is 0.548. The molecule has 0 aliphatic carbocycles. The van der Waals surface area contributed by atoms with E-state index in [1.165, 1.54) is 11.0 Å². The normalized spacial score (nSPS) is 13.9. The van der Waals surface area contributed by atoms with Crippen LogP contribution in [0, 0.1) is 6.92 Å². The van der Waals surface area contributed by atoms with Gasteiger partial charge in [-0.3, -0.25) is 9.59 Å². The largest absolute Gasteiger partial charge is 0.480 e. The lowest BCUT2D eigenvalue weighted by Crippen LogP contribution is -2.38. The van der Waals surface area contributed by atoms with Gasteiger partial charge in [0.25, 0.3) is 5.91 Å². The molecule has 3 heterocycles. The zero-order valence-electron chi connectivity index (χ0n) is 17.4. The molecule has 3 aromatic rings. The number of aryl methyl sites for hydroxylation is 1. The smallest absolute Gasteiger partial charge is 0.322 e. The summed E-state index contributed by atoms with van der Waals surface area (Å²) in [7, 11) is 1.69. The second kappa shape index (κ2) is 8.60. The Bertz CT molecular complexity index is 1120. The predicted octanol–water partition coefficient (Wildman–Crippen LogP) is 1.88. The van der Waals surface area contributed by atoms with Crippen LogP contribution in [0.5, 0.6) is 0 Å². The van der Waals surface area contributed by atoms with Crippen LogP contribution >= 0.6 is 0 Å². The molecule has 0 radical (unpaired) electrons. The molecule has 2 aromatic heterocycles. The van der Waals surface area contributed by atoms with Crippen LogP contribution in [-0.2, 0) is 9.53 Å². The van der Waals surface area contributed by atoms with Gasteiger partial charge >= 0.3 is 5.97 Å². The van der Waals surface area contributed by atoms with Crippen LogP contribution in [0.3, 0.4) is 0 Å². The van der Waals surface area contributed by atoms with Gasteiger partial charge < -0.3 is 29.9 Å². The molecule has 0 saturated carbocycles. The van der Waals surface area contributed by atoms with Crippen LogP contribution in [0.25, 0.3) is 10.9 Å². The molecule has 1 aliphatic heterocycles. The van der Waals surface area contributed by atoms with Crippen molar-refractivity contribution < 1.29 is 19.4 Å². The number of benzene rings is 1. The third-order valence-electron chi connectivity index (χ3n) is 5.21. The zero-order valence-corrected chi connectivity index (χ0v) is 17.4. The number of rotatable bonds is 6. The van der Waals surface area contributed by atoms with Gasteiger partial charge in [-0.25, -0.2) is 4.98 Å². The maximum atomic E-state index is 13.3. The third-order valence-corrected chi connectivity index (χ3v) is 5.21. The fraction of sp³-hybridized carbons (Fsp3) is 0.333. The minimum absolute atomic E-state index is 0.178. The van der Waals surface area contributed by atoms with Crippen molar-refractivity contribution >= 4 is 40.2 Å². The van der Waals surface area contributed by atoms with Crippen molar-refractivity contribution in [3.63, 3.8) is 0 Å². The van der Waals surface area contributed by atoms with Crippen LogP contribution in [0.2, 0.25) is 0 Å². The molecule has 4 rings (SSSR count). The SMILES string of the molecule is Cc1c[nH]c2ccc(N(C)C(=O)c3cc(NCC(=O)O)nc(N4CCOCC4)n3)cc12. The van der Waals surface area contributed by atoms with Gasteiger partial charge in [0.15, 0.2) is 0 Å². The molecule has 1 aliphatic rings. The summed E-state index contributed by atoms with van der Waals surface area (Å²) in [6.45, 7) is 3.95. The first kappa shape index (κ1) is 20.6. The van der Waals surface area contributed by atoms with E-state index in [1.54, 1.807) is 7.05 Å². The number of carboxylic acids is 1. The summed E-state index contributed by atoms with van der Waals surface area (Å²) in [5, 5.41) is 12.8. The summed E-state index contributed by atoms with van der Waals surface area (Å²) in [5.41, 5.74) is 3.00. The number of hydrogen-bond acceptors (Lipinski definition) is 7. The van der Waals surface area contributed by atoms with Gasteiger partial charge in [0, 0.05) is 49.0 Å². The molecule has 0 spiro atoms. The van der Waals surface area contributed by atoms with Gasteiger partial charge in [-0.05, 0) is 30.7 Å². The number of fused-ring (bicyclic) bond motifs is 1. The maximum absolute atomic E-state index is 13.3. The lowest BCUT2D eigenvalue weighted by molar-refractivity contribution is -0.134. The standard InChI is InChI=1S/C21H24N6O4/c1-13-11-22-16-4-3-14(9-15(13)16)26(2)20(30)17-10-18(23-12-19(28)29)25-21(24-17)27-5-7-31-8-6-27/h3-4,9-11,22H,5-8,12H2,1-2H3,(H,28,29)(H,23,24,25). The molecule has 1 fully saturated rings. The first-order chi connectivity index (χ1) is 14.9. The van der Waals surface area contributed by atoms with Crippen LogP contribution in [0.1, 0.15) is 16.1 Å². The molecular weight excluding hydrogens is 400 g/mol. The average Bonchev–Trinajstić information content (AvgIpc) is 3.17. The fourth-order valence-electron chi connectivity index (χ4n) is 3.45. The second-order valence-electron chi connectivity index (χ2n) is 7.35. The molecule has 1 amide bonds. The highest BCUT2D eigenvalue weighted by Crippen LogP contribution is 2.25. The predicted molar refractivity (Wildman–Crippen MR) is 117 cm³/mol. The molecule has 1 aromatic carbocycles. The number of anilines is 3. The third kappa shape index (κ3) is 4.43. The number of carbonyl (C=O) groups is 2. The number of nitrogens with zero attached hydrogens (tertiary/aromatic N) is 4. The Labute approximate surface area is 178 Å². The molecule has 0 bridgehead atoms. The van der Waals surface area contributed by atoms with Crippen LogP contribution in [0.4, 0.5) is 17.5 Å². The Morgan fingerprint density at radius 2 is 2.03 bits per heavy atom. The summed E-state index contributed by atoms with van der Waals surface area (Å²) >= 11 is 0. The number of carbonyl (C=O) groups excluding carboxylic acids is 1. The van der Waals surface area contributed by atoms with Crippen molar-refractivity contribution in [3.05, 3.63) is 41.7 Å². The molecule has 1 saturated heterocycles. The first-order valence-electron chi connectivity index (χ1n) is 9.95. The van der Waals surface area contributed by atoms with Gasteiger partial charge in [0.1, 0.15) is 18.1 Å². The highest BCUT2D eigenvalue weighted by atomic mass is 16.5. The van der Waals surface area contributed by atoms with Crippen LogP contribution < -0.4 is 15.1 Å². The van der Waals surface area contributed by atoms with Gasteiger partial charge in [-0.15, -0.1) is 0 Å². The number of aromatic amines is 1. The number of amides is 1. The zero-order chi connectivity index (χ0) is 22.0. The first-order valence-corrected chi connectivity index (χ1v) is 9.95. The second-order valence-corrected chi connectivity index (χ2v) is 7.35. The van der Waals surface area contributed by atoms with Gasteiger partial charge in [0.2, 0.25) is 5.95 Å². The van der Waals surface area contributed by atoms with Crippen molar-refractivity contribution in [1.29, 1.82) is 0 Å². The van der Waals surface area contributed by atoms with Gasteiger partial charge in [-0.1, -0.05) is 0 Å². The van der Waals surface area contributed by atoms with Crippen LogP contribution in [-0.4, -0.2) is 71.8 Å². The molecule has 0 atom stereocenters. The van der Waals surface area contributed by atoms with E-state index in [9.17, 15) is 9.59 Å². The summed E-state index contributed by atoms with van der Waals surface area (Å²) in [6, 6.07) is 7.22. The monoisotopic (exact) mass is 424 g/mol.